The first-order valence-electron chi connectivity index (χ1n) is 5.20. The molecule has 0 saturated carbocycles. The maximum atomic E-state index is 9.12. The highest BCUT2D eigenvalue weighted by Crippen LogP contribution is 2.30. The van der Waals surface area contributed by atoms with E-state index in [0.29, 0.717) is 0 Å². The summed E-state index contributed by atoms with van der Waals surface area (Å²) in [4.78, 5) is 0. The Morgan fingerprint density at radius 2 is 1.88 bits per heavy atom. The standard InChI is InChI=1S/C13H15NO2/c1-16-13-7-6-10(12(14)8-15)9-4-2-3-5-11(9)13/h2-7,12,15H,8,14H2,1H3/t12-/m0/s1. The first-order valence-corrected chi connectivity index (χ1v) is 5.20. The van der Waals surface area contributed by atoms with E-state index in [9.17, 15) is 0 Å². The predicted molar refractivity (Wildman–Crippen MR) is 64.5 cm³/mol. The van der Waals surface area contributed by atoms with Crippen molar-refractivity contribution in [2.45, 2.75) is 6.04 Å². The highest BCUT2D eigenvalue weighted by atomic mass is 16.5. The summed E-state index contributed by atoms with van der Waals surface area (Å²) in [6, 6.07) is 11.3. The Bertz CT molecular complexity index is 496. The van der Waals surface area contributed by atoms with Gasteiger partial charge in [0.1, 0.15) is 5.75 Å². The van der Waals surface area contributed by atoms with Crippen LogP contribution in [0.15, 0.2) is 36.4 Å². The van der Waals surface area contributed by atoms with E-state index in [-0.39, 0.29) is 12.6 Å². The number of hydrogen-bond donors (Lipinski definition) is 2. The molecule has 0 unspecified atom stereocenters. The molecule has 3 heteroatoms. The quantitative estimate of drug-likeness (QED) is 0.824. The minimum Gasteiger partial charge on any atom is -0.496 e. The number of aliphatic hydroxyl groups is 1. The molecule has 3 nitrogen and oxygen atoms in total. The Balaban J connectivity index is 2.69. The van der Waals surface area contributed by atoms with Crippen LogP contribution in [-0.4, -0.2) is 18.8 Å². The van der Waals surface area contributed by atoms with E-state index in [1.54, 1.807) is 7.11 Å². The second-order valence-corrected chi connectivity index (χ2v) is 3.69. The molecule has 0 aliphatic rings. The zero-order valence-electron chi connectivity index (χ0n) is 9.18. The summed E-state index contributed by atoms with van der Waals surface area (Å²) in [5.74, 6) is 0.824. The molecule has 0 aliphatic heterocycles. The number of methoxy groups -OCH3 is 1. The van der Waals surface area contributed by atoms with Gasteiger partial charge < -0.3 is 15.6 Å². The van der Waals surface area contributed by atoms with Gasteiger partial charge in [-0.05, 0) is 17.0 Å². The van der Waals surface area contributed by atoms with Crippen molar-refractivity contribution in [2.75, 3.05) is 13.7 Å². The molecule has 1 atom stereocenters. The minimum absolute atomic E-state index is 0.0592. The van der Waals surface area contributed by atoms with Crippen LogP contribution in [0, 0.1) is 0 Å². The van der Waals surface area contributed by atoms with Crippen LogP contribution in [0.1, 0.15) is 11.6 Å². The molecule has 84 valence electrons. The summed E-state index contributed by atoms with van der Waals surface area (Å²) in [6.45, 7) is -0.0592. The number of fused-ring (bicyclic) bond motifs is 1. The third-order valence-electron chi connectivity index (χ3n) is 2.73. The van der Waals surface area contributed by atoms with Gasteiger partial charge in [-0.2, -0.15) is 0 Å². The number of hydrogen-bond acceptors (Lipinski definition) is 3. The number of nitrogens with two attached hydrogens (primary N) is 1. The molecular weight excluding hydrogens is 202 g/mol. The van der Waals surface area contributed by atoms with E-state index in [0.717, 1.165) is 22.1 Å². The molecule has 0 amide bonds. The lowest BCUT2D eigenvalue weighted by Crippen LogP contribution is -2.14. The van der Waals surface area contributed by atoms with Gasteiger partial charge in [0.15, 0.2) is 0 Å². The van der Waals surface area contributed by atoms with Gasteiger partial charge in [-0.15, -0.1) is 0 Å². The Morgan fingerprint density at radius 3 is 2.50 bits per heavy atom. The van der Waals surface area contributed by atoms with Crippen LogP contribution < -0.4 is 10.5 Å². The van der Waals surface area contributed by atoms with Gasteiger partial charge in [0.05, 0.1) is 19.8 Å². The zero-order chi connectivity index (χ0) is 11.5. The van der Waals surface area contributed by atoms with Gasteiger partial charge >= 0.3 is 0 Å². The Morgan fingerprint density at radius 1 is 1.19 bits per heavy atom. The Kier molecular flexibility index (Phi) is 3.08. The van der Waals surface area contributed by atoms with Gasteiger partial charge in [-0.25, -0.2) is 0 Å². The molecule has 0 aliphatic carbocycles. The van der Waals surface area contributed by atoms with Crippen molar-refractivity contribution < 1.29 is 9.84 Å². The van der Waals surface area contributed by atoms with E-state index < -0.39 is 0 Å². The van der Waals surface area contributed by atoms with Gasteiger partial charge in [0.2, 0.25) is 0 Å². The van der Waals surface area contributed by atoms with Crippen LogP contribution in [0.3, 0.4) is 0 Å². The number of ether oxygens (including phenoxy) is 1. The van der Waals surface area contributed by atoms with Gasteiger partial charge in [-0.1, -0.05) is 30.3 Å². The molecule has 3 N–H and O–H groups in total. The van der Waals surface area contributed by atoms with E-state index in [1.807, 2.05) is 36.4 Å². The highest BCUT2D eigenvalue weighted by Gasteiger charge is 2.10. The molecule has 0 saturated heterocycles. The van der Waals surface area contributed by atoms with Crippen molar-refractivity contribution in [3.63, 3.8) is 0 Å². The molecule has 0 radical (unpaired) electrons. The largest absolute Gasteiger partial charge is 0.496 e. The van der Waals surface area contributed by atoms with E-state index in [1.165, 1.54) is 0 Å². The maximum absolute atomic E-state index is 9.12. The van der Waals surface area contributed by atoms with Crippen molar-refractivity contribution >= 4 is 10.8 Å². The predicted octanol–water partition coefficient (Wildman–Crippen LogP) is 1.84. The lowest BCUT2D eigenvalue weighted by Gasteiger charge is -2.14. The maximum Gasteiger partial charge on any atom is 0.126 e. The lowest BCUT2D eigenvalue weighted by molar-refractivity contribution is 0.268. The molecule has 0 fully saturated rings. The number of benzene rings is 2. The average molecular weight is 217 g/mol. The van der Waals surface area contributed by atoms with Crippen LogP contribution in [0.25, 0.3) is 10.8 Å². The minimum atomic E-state index is -0.351. The zero-order valence-corrected chi connectivity index (χ0v) is 9.18. The van der Waals surface area contributed by atoms with Crippen molar-refractivity contribution in [3.05, 3.63) is 42.0 Å². The fourth-order valence-electron chi connectivity index (χ4n) is 1.89. The summed E-state index contributed by atoms with van der Waals surface area (Å²) < 4.78 is 5.29. The normalized spacial score (nSPS) is 12.7. The summed E-state index contributed by atoms with van der Waals surface area (Å²) >= 11 is 0. The van der Waals surface area contributed by atoms with Gasteiger partial charge in [0, 0.05) is 5.39 Å². The van der Waals surface area contributed by atoms with Crippen LogP contribution >= 0.6 is 0 Å². The van der Waals surface area contributed by atoms with Crippen molar-refractivity contribution in [1.82, 2.24) is 0 Å². The second-order valence-electron chi connectivity index (χ2n) is 3.69. The van der Waals surface area contributed by atoms with Crippen LogP contribution in [0.5, 0.6) is 5.75 Å². The Hall–Kier alpha value is -1.58. The topological polar surface area (TPSA) is 55.5 Å². The lowest BCUT2D eigenvalue weighted by atomic mass is 9.99. The third kappa shape index (κ3) is 1.75. The van der Waals surface area contributed by atoms with E-state index in [4.69, 9.17) is 15.6 Å². The molecular formula is C13H15NO2. The number of rotatable bonds is 3. The van der Waals surface area contributed by atoms with Crippen molar-refractivity contribution in [2.24, 2.45) is 5.73 Å². The van der Waals surface area contributed by atoms with Crippen LogP contribution in [-0.2, 0) is 0 Å². The van der Waals surface area contributed by atoms with Crippen molar-refractivity contribution in [1.29, 1.82) is 0 Å². The summed E-state index contributed by atoms with van der Waals surface area (Å²) in [5, 5.41) is 11.2. The summed E-state index contributed by atoms with van der Waals surface area (Å²) in [7, 11) is 1.65. The SMILES string of the molecule is COc1ccc([C@@H](N)CO)c2ccccc12. The average Bonchev–Trinajstić information content (AvgIpc) is 2.36. The number of aliphatic hydroxyl groups excluding tert-OH is 1. The smallest absolute Gasteiger partial charge is 0.126 e. The fraction of sp³-hybridized carbons (Fsp3) is 0.231. The molecule has 0 aromatic heterocycles. The molecule has 0 bridgehead atoms. The molecule has 2 aromatic carbocycles. The summed E-state index contributed by atoms with van der Waals surface area (Å²) in [5.41, 5.74) is 6.80. The van der Waals surface area contributed by atoms with Crippen LogP contribution in [0.2, 0.25) is 0 Å². The molecule has 0 spiro atoms. The second kappa shape index (κ2) is 4.51. The first-order chi connectivity index (χ1) is 7.77. The van der Waals surface area contributed by atoms with Crippen molar-refractivity contribution in [3.8, 4) is 5.75 Å². The molecule has 0 heterocycles. The monoisotopic (exact) mass is 217 g/mol. The molecule has 2 rings (SSSR count). The molecule has 16 heavy (non-hydrogen) atoms. The highest BCUT2D eigenvalue weighted by molar-refractivity contribution is 5.91. The first kappa shape index (κ1) is 10.9. The van der Waals surface area contributed by atoms with Gasteiger partial charge in [0.25, 0.3) is 0 Å². The molecule has 2 aromatic rings. The Labute approximate surface area is 94.5 Å². The van der Waals surface area contributed by atoms with Crippen LogP contribution in [0.4, 0.5) is 0 Å². The van der Waals surface area contributed by atoms with Gasteiger partial charge in [-0.3, -0.25) is 0 Å². The fourth-order valence-corrected chi connectivity index (χ4v) is 1.89. The third-order valence-corrected chi connectivity index (χ3v) is 2.73. The van der Waals surface area contributed by atoms with E-state index >= 15 is 0 Å². The summed E-state index contributed by atoms with van der Waals surface area (Å²) in [6.07, 6.45) is 0. The van der Waals surface area contributed by atoms with E-state index in [2.05, 4.69) is 0 Å².